The van der Waals surface area contributed by atoms with E-state index < -0.39 is 0 Å². The summed E-state index contributed by atoms with van der Waals surface area (Å²) in [6, 6.07) is 16.5. The van der Waals surface area contributed by atoms with Crippen LogP contribution in [0.2, 0.25) is 0 Å². The maximum Gasteiger partial charge on any atom is 0.338 e. The number of anilines is 4. The first-order valence-corrected chi connectivity index (χ1v) is 9.47. The van der Waals surface area contributed by atoms with Gasteiger partial charge >= 0.3 is 5.97 Å². The number of carbonyl (C=O) groups excluding carboxylic acids is 1. The number of aryl methyl sites for hydroxylation is 1. The van der Waals surface area contributed by atoms with Gasteiger partial charge in [0.15, 0.2) is 0 Å². The fraction of sp³-hybridized carbons (Fsp3) is 0.227. The lowest BCUT2D eigenvalue weighted by molar-refractivity contribution is 0.0526. The quantitative estimate of drug-likeness (QED) is 0.530. The van der Waals surface area contributed by atoms with E-state index in [4.69, 9.17) is 9.47 Å². The summed E-state index contributed by atoms with van der Waals surface area (Å²) in [6.07, 6.45) is 0. The molecule has 3 rings (SSSR count). The summed E-state index contributed by atoms with van der Waals surface area (Å²) >= 11 is 0. The van der Waals surface area contributed by atoms with Crippen molar-refractivity contribution in [3.05, 3.63) is 65.9 Å². The zero-order valence-corrected chi connectivity index (χ0v) is 16.7. The number of ether oxygens (including phenoxy) is 2. The molecule has 29 heavy (non-hydrogen) atoms. The van der Waals surface area contributed by atoms with E-state index in [9.17, 15) is 4.79 Å². The van der Waals surface area contributed by atoms with Gasteiger partial charge in [0.05, 0.1) is 18.8 Å². The molecule has 0 atom stereocenters. The fourth-order valence-electron chi connectivity index (χ4n) is 2.67. The molecule has 0 unspecified atom stereocenters. The van der Waals surface area contributed by atoms with Gasteiger partial charge in [-0.15, -0.1) is 0 Å². The number of carbonyl (C=O) groups is 1. The Balaban J connectivity index is 1.71. The van der Waals surface area contributed by atoms with Gasteiger partial charge in [0.1, 0.15) is 11.6 Å². The summed E-state index contributed by atoms with van der Waals surface area (Å²) in [5, 5.41) is 6.43. The summed E-state index contributed by atoms with van der Waals surface area (Å²) in [5.74, 6) is 1.62. The monoisotopic (exact) mass is 392 g/mol. The highest BCUT2D eigenvalue weighted by Gasteiger charge is 2.07. The van der Waals surface area contributed by atoms with Gasteiger partial charge in [-0.2, -0.15) is 4.98 Å². The minimum atomic E-state index is -0.334. The van der Waals surface area contributed by atoms with E-state index in [0.29, 0.717) is 30.5 Å². The van der Waals surface area contributed by atoms with Gasteiger partial charge in [-0.05, 0) is 69.3 Å². The summed E-state index contributed by atoms with van der Waals surface area (Å²) in [5.41, 5.74) is 3.00. The Labute approximate surface area is 170 Å². The molecule has 0 fully saturated rings. The standard InChI is InChI=1S/C22H24N4O3/c1-4-28-19-12-10-18(11-13-19)25-22-23-15(3)14-20(26-22)24-17-8-6-16(7-9-17)21(27)29-5-2/h6-14H,4-5H2,1-3H3,(H2,23,24,25,26). The lowest BCUT2D eigenvalue weighted by Gasteiger charge is -2.11. The minimum absolute atomic E-state index is 0.334. The summed E-state index contributed by atoms with van der Waals surface area (Å²) in [7, 11) is 0. The zero-order chi connectivity index (χ0) is 20.6. The number of esters is 1. The second kappa shape index (κ2) is 9.54. The molecule has 1 heterocycles. The van der Waals surface area contributed by atoms with Gasteiger partial charge in [-0.1, -0.05) is 0 Å². The molecular weight excluding hydrogens is 368 g/mol. The Morgan fingerprint density at radius 3 is 2.21 bits per heavy atom. The number of nitrogens with one attached hydrogen (secondary N) is 2. The van der Waals surface area contributed by atoms with Gasteiger partial charge in [0.25, 0.3) is 0 Å². The maximum atomic E-state index is 11.8. The van der Waals surface area contributed by atoms with Crippen molar-refractivity contribution >= 4 is 29.1 Å². The number of aromatic nitrogens is 2. The molecule has 7 heteroatoms. The number of hydrogen-bond acceptors (Lipinski definition) is 7. The van der Waals surface area contributed by atoms with Crippen LogP contribution in [0.25, 0.3) is 0 Å². The molecule has 0 saturated carbocycles. The van der Waals surface area contributed by atoms with Gasteiger partial charge in [0, 0.05) is 23.1 Å². The number of rotatable bonds is 8. The molecule has 2 N–H and O–H groups in total. The Morgan fingerprint density at radius 2 is 1.55 bits per heavy atom. The summed E-state index contributed by atoms with van der Waals surface area (Å²) < 4.78 is 10.5. The molecule has 0 bridgehead atoms. The molecule has 0 amide bonds. The average molecular weight is 392 g/mol. The summed E-state index contributed by atoms with van der Waals surface area (Å²) in [4.78, 5) is 20.7. The van der Waals surface area contributed by atoms with E-state index in [-0.39, 0.29) is 5.97 Å². The predicted octanol–water partition coefficient (Wildman–Crippen LogP) is 4.85. The third-order valence-electron chi connectivity index (χ3n) is 3.94. The van der Waals surface area contributed by atoms with E-state index in [1.54, 1.807) is 19.1 Å². The van der Waals surface area contributed by atoms with Crippen LogP contribution in [-0.4, -0.2) is 29.2 Å². The van der Waals surface area contributed by atoms with Crippen molar-refractivity contribution in [1.82, 2.24) is 9.97 Å². The molecule has 2 aromatic carbocycles. The van der Waals surface area contributed by atoms with E-state index in [1.165, 1.54) is 0 Å². The molecule has 0 aliphatic rings. The fourth-order valence-corrected chi connectivity index (χ4v) is 2.67. The van der Waals surface area contributed by atoms with Crippen LogP contribution in [-0.2, 0) is 4.74 Å². The summed E-state index contributed by atoms with van der Waals surface area (Å²) in [6.45, 7) is 6.61. The molecule has 150 valence electrons. The molecule has 0 aliphatic carbocycles. The van der Waals surface area contributed by atoms with Crippen molar-refractivity contribution in [2.75, 3.05) is 23.8 Å². The van der Waals surface area contributed by atoms with E-state index in [1.807, 2.05) is 56.3 Å². The third kappa shape index (κ3) is 5.68. The molecule has 1 aromatic heterocycles. The second-order valence-corrected chi connectivity index (χ2v) is 6.22. The van der Waals surface area contributed by atoms with Crippen molar-refractivity contribution in [1.29, 1.82) is 0 Å². The Morgan fingerprint density at radius 1 is 0.897 bits per heavy atom. The highest BCUT2D eigenvalue weighted by molar-refractivity contribution is 5.89. The Bertz CT molecular complexity index is 957. The highest BCUT2D eigenvalue weighted by atomic mass is 16.5. The van der Waals surface area contributed by atoms with Gasteiger partial charge in [-0.3, -0.25) is 0 Å². The van der Waals surface area contributed by atoms with Crippen LogP contribution in [0.3, 0.4) is 0 Å². The van der Waals surface area contributed by atoms with Crippen LogP contribution < -0.4 is 15.4 Å². The Hall–Kier alpha value is -3.61. The van der Waals surface area contributed by atoms with Crippen LogP contribution in [0.15, 0.2) is 54.6 Å². The van der Waals surface area contributed by atoms with Crippen molar-refractivity contribution in [3.8, 4) is 5.75 Å². The van der Waals surface area contributed by atoms with E-state index >= 15 is 0 Å². The lowest BCUT2D eigenvalue weighted by Crippen LogP contribution is -2.05. The van der Waals surface area contributed by atoms with Gasteiger partial charge in [0.2, 0.25) is 5.95 Å². The maximum absolute atomic E-state index is 11.8. The molecule has 7 nitrogen and oxygen atoms in total. The van der Waals surface area contributed by atoms with Crippen molar-refractivity contribution in [2.45, 2.75) is 20.8 Å². The molecular formula is C22H24N4O3. The third-order valence-corrected chi connectivity index (χ3v) is 3.94. The minimum Gasteiger partial charge on any atom is -0.494 e. The van der Waals surface area contributed by atoms with E-state index in [2.05, 4.69) is 20.6 Å². The largest absolute Gasteiger partial charge is 0.494 e. The van der Waals surface area contributed by atoms with Crippen LogP contribution in [0.4, 0.5) is 23.1 Å². The lowest BCUT2D eigenvalue weighted by atomic mass is 10.2. The normalized spacial score (nSPS) is 10.3. The van der Waals surface area contributed by atoms with Crippen LogP contribution in [0.5, 0.6) is 5.75 Å². The highest BCUT2D eigenvalue weighted by Crippen LogP contribution is 2.21. The number of benzene rings is 2. The van der Waals surface area contributed by atoms with Crippen molar-refractivity contribution in [2.24, 2.45) is 0 Å². The first kappa shape index (κ1) is 20.1. The molecule has 3 aromatic rings. The Kier molecular flexibility index (Phi) is 6.63. The smallest absolute Gasteiger partial charge is 0.338 e. The van der Waals surface area contributed by atoms with Crippen molar-refractivity contribution in [3.63, 3.8) is 0 Å². The topological polar surface area (TPSA) is 85.4 Å². The SMILES string of the molecule is CCOC(=O)c1ccc(Nc2cc(C)nc(Nc3ccc(OCC)cc3)n2)cc1. The van der Waals surface area contributed by atoms with Gasteiger partial charge < -0.3 is 20.1 Å². The molecule has 0 aliphatic heterocycles. The van der Waals surface area contributed by atoms with Crippen LogP contribution in [0, 0.1) is 6.92 Å². The molecule has 0 saturated heterocycles. The zero-order valence-electron chi connectivity index (χ0n) is 16.7. The molecule has 0 spiro atoms. The van der Waals surface area contributed by atoms with E-state index in [0.717, 1.165) is 22.8 Å². The first-order chi connectivity index (χ1) is 14.1. The van der Waals surface area contributed by atoms with Crippen LogP contribution >= 0.6 is 0 Å². The first-order valence-electron chi connectivity index (χ1n) is 9.47. The second-order valence-electron chi connectivity index (χ2n) is 6.22. The number of nitrogens with zero attached hydrogens (tertiary/aromatic N) is 2. The number of hydrogen-bond donors (Lipinski definition) is 2. The molecule has 0 radical (unpaired) electrons. The predicted molar refractivity (Wildman–Crippen MR) is 113 cm³/mol. The van der Waals surface area contributed by atoms with Gasteiger partial charge in [-0.25, -0.2) is 9.78 Å². The van der Waals surface area contributed by atoms with Crippen molar-refractivity contribution < 1.29 is 14.3 Å². The average Bonchev–Trinajstić information content (AvgIpc) is 2.70. The van der Waals surface area contributed by atoms with Crippen LogP contribution in [0.1, 0.15) is 29.9 Å².